The fraction of sp³-hybridized carbons (Fsp3) is 0.118. The van der Waals surface area contributed by atoms with E-state index in [1.165, 1.54) is 35.2 Å². The molecule has 3 aromatic rings. The lowest BCUT2D eigenvalue weighted by Crippen LogP contribution is -2.11. The molecule has 3 rings (SSSR count). The largest absolute Gasteiger partial charge is 0.296 e. The van der Waals surface area contributed by atoms with Gasteiger partial charge in [-0.15, -0.1) is 10.2 Å². The number of rotatable bonds is 6. The Bertz CT molecular complexity index is 941. The molecule has 0 atom stereocenters. The topological polar surface area (TPSA) is 98.0 Å². The average molecular weight is 386 g/mol. The number of hydrogen-bond donors (Lipinski definition) is 1. The molecule has 1 N–H and O–H groups in total. The zero-order valence-corrected chi connectivity index (χ0v) is 15.3. The second kappa shape index (κ2) is 8.07. The molecule has 1 aromatic heterocycles. The van der Waals surface area contributed by atoms with Crippen LogP contribution in [0.15, 0.2) is 52.9 Å². The quantitative estimate of drug-likeness (QED) is 0.293. The minimum atomic E-state index is -0.426. The van der Waals surface area contributed by atoms with Crippen LogP contribution in [0.25, 0.3) is 0 Å². The van der Waals surface area contributed by atoms with Gasteiger partial charge in [0.15, 0.2) is 4.34 Å². The number of carbonyl (C=O) groups is 1. The summed E-state index contributed by atoms with van der Waals surface area (Å²) in [5.74, 6) is 0.384. The zero-order valence-electron chi connectivity index (χ0n) is 13.7. The molecule has 26 heavy (non-hydrogen) atoms. The van der Waals surface area contributed by atoms with E-state index < -0.39 is 4.92 Å². The molecular formula is C17H14N4O3S2. The van der Waals surface area contributed by atoms with Crippen LogP contribution >= 0.6 is 23.1 Å². The molecule has 7 nitrogen and oxygen atoms in total. The van der Waals surface area contributed by atoms with Gasteiger partial charge in [0.2, 0.25) is 5.13 Å². The van der Waals surface area contributed by atoms with Gasteiger partial charge in [0.25, 0.3) is 11.6 Å². The lowest BCUT2D eigenvalue weighted by molar-refractivity contribution is -0.384. The van der Waals surface area contributed by atoms with Crippen molar-refractivity contribution in [2.24, 2.45) is 0 Å². The number of aromatic nitrogens is 2. The van der Waals surface area contributed by atoms with Crippen molar-refractivity contribution in [2.45, 2.75) is 17.0 Å². The molecule has 0 bridgehead atoms. The molecule has 0 radical (unpaired) electrons. The first-order valence-electron chi connectivity index (χ1n) is 7.59. The Hall–Kier alpha value is -2.78. The van der Waals surface area contributed by atoms with Gasteiger partial charge in [-0.3, -0.25) is 20.2 Å². The molecule has 1 heterocycles. The minimum Gasteiger partial charge on any atom is -0.296 e. The number of hydrogen-bond acceptors (Lipinski definition) is 7. The average Bonchev–Trinajstić information content (AvgIpc) is 3.07. The van der Waals surface area contributed by atoms with Crippen molar-refractivity contribution in [3.63, 3.8) is 0 Å². The van der Waals surface area contributed by atoms with Crippen LogP contribution in [0.1, 0.15) is 21.5 Å². The molecule has 0 fully saturated rings. The summed E-state index contributed by atoms with van der Waals surface area (Å²) in [6.45, 7) is 1.93. The number of nitrogens with zero attached hydrogens (tertiary/aromatic N) is 3. The van der Waals surface area contributed by atoms with Crippen LogP contribution in [0.3, 0.4) is 0 Å². The van der Waals surface area contributed by atoms with Crippen molar-refractivity contribution in [1.82, 2.24) is 10.2 Å². The highest BCUT2D eigenvalue weighted by Crippen LogP contribution is 2.29. The number of nitro groups is 1. The van der Waals surface area contributed by atoms with Crippen LogP contribution in [0.4, 0.5) is 10.8 Å². The Kier molecular flexibility index (Phi) is 5.59. The molecule has 0 aliphatic heterocycles. The Labute approximate surface area is 157 Å². The molecule has 0 unspecified atom stereocenters. The van der Waals surface area contributed by atoms with Crippen LogP contribution in [-0.2, 0) is 5.75 Å². The van der Waals surface area contributed by atoms with Gasteiger partial charge in [0.1, 0.15) is 0 Å². The molecule has 0 saturated heterocycles. The molecular weight excluding hydrogens is 372 g/mol. The maximum absolute atomic E-state index is 12.2. The monoisotopic (exact) mass is 386 g/mol. The standard InChI is InChI=1S/C17H14N4O3S2/c1-11-3-2-4-13(9-11)15(22)18-16-19-20-17(26-16)25-10-12-5-7-14(8-6-12)21(23)24/h2-9H,10H2,1H3,(H,18,19,22). The zero-order chi connectivity index (χ0) is 18.5. The summed E-state index contributed by atoms with van der Waals surface area (Å²) in [6, 6.07) is 13.7. The highest BCUT2D eigenvalue weighted by Gasteiger charge is 2.11. The molecule has 0 aliphatic carbocycles. The first kappa shape index (κ1) is 18.0. The number of non-ortho nitro benzene ring substituents is 1. The third-order valence-corrected chi connectivity index (χ3v) is 5.46. The molecule has 2 aromatic carbocycles. The number of aryl methyl sites for hydroxylation is 1. The van der Waals surface area contributed by atoms with Gasteiger partial charge in [-0.1, -0.05) is 52.9 Å². The van der Waals surface area contributed by atoms with Gasteiger partial charge in [0, 0.05) is 23.4 Å². The maximum Gasteiger partial charge on any atom is 0.269 e. The predicted octanol–water partition coefficient (Wildman–Crippen LogP) is 4.30. The fourth-order valence-corrected chi connectivity index (χ4v) is 3.84. The maximum atomic E-state index is 12.2. The number of amides is 1. The Morgan fingerprint density at radius 1 is 1.23 bits per heavy atom. The lowest BCUT2D eigenvalue weighted by Gasteiger charge is -2.01. The number of anilines is 1. The van der Waals surface area contributed by atoms with Crippen LogP contribution in [-0.4, -0.2) is 21.0 Å². The van der Waals surface area contributed by atoms with Gasteiger partial charge in [-0.05, 0) is 24.6 Å². The van der Waals surface area contributed by atoms with Gasteiger partial charge >= 0.3 is 0 Å². The molecule has 132 valence electrons. The normalized spacial score (nSPS) is 10.5. The van der Waals surface area contributed by atoms with E-state index in [-0.39, 0.29) is 11.6 Å². The van der Waals surface area contributed by atoms with E-state index in [4.69, 9.17) is 0 Å². The lowest BCUT2D eigenvalue weighted by atomic mass is 10.1. The first-order chi connectivity index (χ1) is 12.5. The SMILES string of the molecule is Cc1cccc(C(=O)Nc2nnc(SCc3ccc([N+](=O)[O-])cc3)s2)c1. The van der Waals surface area contributed by atoms with Crippen molar-refractivity contribution in [2.75, 3.05) is 5.32 Å². The third-order valence-electron chi connectivity index (χ3n) is 3.42. The molecule has 0 saturated carbocycles. The third kappa shape index (κ3) is 4.64. The molecule has 1 amide bonds. The fourth-order valence-electron chi connectivity index (χ4n) is 2.13. The molecule has 9 heteroatoms. The van der Waals surface area contributed by atoms with Gasteiger partial charge < -0.3 is 0 Å². The van der Waals surface area contributed by atoms with Crippen molar-refractivity contribution in [3.05, 3.63) is 75.3 Å². The highest BCUT2D eigenvalue weighted by molar-refractivity contribution is 8.00. The van der Waals surface area contributed by atoms with Crippen molar-refractivity contribution >= 4 is 39.8 Å². The second-order valence-corrected chi connectivity index (χ2v) is 7.61. The van der Waals surface area contributed by atoms with Gasteiger partial charge in [-0.25, -0.2) is 0 Å². The summed E-state index contributed by atoms with van der Waals surface area (Å²) in [5.41, 5.74) is 2.59. The van der Waals surface area contributed by atoms with E-state index in [1.54, 1.807) is 24.3 Å². The first-order valence-corrected chi connectivity index (χ1v) is 9.39. The number of nitrogens with one attached hydrogen (secondary N) is 1. The van der Waals surface area contributed by atoms with Crippen LogP contribution in [0.5, 0.6) is 0 Å². The van der Waals surface area contributed by atoms with Crippen molar-refractivity contribution < 1.29 is 9.72 Å². The summed E-state index contributed by atoms with van der Waals surface area (Å²) in [4.78, 5) is 22.4. The molecule has 0 spiro atoms. The van der Waals surface area contributed by atoms with E-state index in [0.29, 0.717) is 20.8 Å². The summed E-state index contributed by atoms with van der Waals surface area (Å²) < 4.78 is 0.711. The summed E-state index contributed by atoms with van der Waals surface area (Å²) in [7, 11) is 0. The number of benzene rings is 2. The summed E-state index contributed by atoms with van der Waals surface area (Å²) in [5, 5.41) is 21.9. The van der Waals surface area contributed by atoms with E-state index >= 15 is 0 Å². The van der Waals surface area contributed by atoms with E-state index in [0.717, 1.165) is 11.1 Å². The Balaban J connectivity index is 1.57. The second-order valence-electron chi connectivity index (χ2n) is 5.41. The Morgan fingerprint density at radius 2 is 2.00 bits per heavy atom. The van der Waals surface area contributed by atoms with Gasteiger partial charge in [-0.2, -0.15) is 0 Å². The predicted molar refractivity (Wildman–Crippen MR) is 102 cm³/mol. The number of carbonyl (C=O) groups excluding carboxylic acids is 1. The van der Waals surface area contributed by atoms with E-state index in [2.05, 4.69) is 15.5 Å². The van der Waals surface area contributed by atoms with Gasteiger partial charge in [0.05, 0.1) is 4.92 Å². The van der Waals surface area contributed by atoms with Crippen molar-refractivity contribution in [3.8, 4) is 0 Å². The van der Waals surface area contributed by atoms with Crippen LogP contribution < -0.4 is 5.32 Å². The smallest absolute Gasteiger partial charge is 0.269 e. The van der Waals surface area contributed by atoms with E-state index in [9.17, 15) is 14.9 Å². The summed E-state index contributed by atoms with van der Waals surface area (Å²) >= 11 is 2.75. The number of thioether (sulfide) groups is 1. The van der Waals surface area contributed by atoms with E-state index in [1.807, 2.05) is 19.1 Å². The number of nitro benzene ring substituents is 1. The molecule has 0 aliphatic rings. The summed E-state index contributed by atoms with van der Waals surface area (Å²) in [6.07, 6.45) is 0. The highest BCUT2D eigenvalue weighted by atomic mass is 32.2. The Morgan fingerprint density at radius 3 is 2.69 bits per heavy atom. The van der Waals surface area contributed by atoms with Crippen molar-refractivity contribution in [1.29, 1.82) is 0 Å². The van der Waals surface area contributed by atoms with Crippen LogP contribution in [0, 0.1) is 17.0 Å². The minimum absolute atomic E-state index is 0.0656. The van der Waals surface area contributed by atoms with Crippen LogP contribution in [0.2, 0.25) is 0 Å².